The summed E-state index contributed by atoms with van der Waals surface area (Å²) in [5.41, 5.74) is 7.83. The Bertz CT molecular complexity index is 636. The SMILES string of the molecule is CSCC[C@H](NC(N)=O)C(=O)N(C)CC(=O)Nc1cc(C)ccc1C. The predicted octanol–water partition coefficient (Wildman–Crippen LogP) is 1.49. The zero-order valence-corrected chi connectivity index (χ0v) is 15.9. The van der Waals surface area contributed by atoms with Gasteiger partial charge in [-0.2, -0.15) is 11.8 Å². The Labute approximate surface area is 152 Å². The van der Waals surface area contributed by atoms with Crippen LogP contribution in [0.15, 0.2) is 18.2 Å². The third-order valence-corrected chi connectivity index (χ3v) is 4.29. The van der Waals surface area contributed by atoms with Crippen LogP contribution in [-0.4, -0.2) is 54.4 Å². The molecule has 4 N–H and O–H groups in total. The second-order valence-electron chi connectivity index (χ2n) is 5.90. The molecule has 0 saturated carbocycles. The molecule has 0 aromatic heterocycles. The fraction of sp³-hybridized carbons (Fsp3) is 0.471. The molecule has 0 fully saturated rings. The monoisotopic (exact) mass is 366 g/mol. The van der Waals surface area contributed by atoms with E-state index in [0.29, 0.717) is 12.2 Å². The van der Waals surface area contributed by atoms with Crippen LogP contribution < -0.4 is 16.4 Å². The number of nitrogens with one attached hydrogen (secondary N) is 2. The van der Waals surface area contributed by atoms with Crippen LogP contribution in [0.5, 0.6) is 0 Å². The van der Waals surface area contributed by atoms with E-state index in [2.05, 4.69) is 10.6 Å². The number of nitrogens with zero attached hydrogens (tertiary/aromatic N) is 1. The number of amides is 4. The summed E-state index contributed by atoms with van der Waals surface area (Å²) in [4.78, 5) is 37.1. The Morgan fingerprint density at radius 2 is 1.96 bits per heavy atom. The fourth-order valence-corrected chi connectivity index (χ4v) is 2.76. The molecule has 0 saturated heterocycles. The average molecular weight is 366 g/mol. The van der Waals surface area contributed by atoms with Crippen LogP contribution in [-0.2, 0) is 9.59 Å². The lowest BCUT2D eigenvalue weighted by molar-refractivity contribution is -0.135. The van der Waals surface area contributed by atoms with Gasteiger partial charge in [0.2, 0.25) is 11.8 Å². The quantitative estimate of drug-likeness (QED) is 0.648. The molecule has 0 heterocycles. The number of thioether (sulfide) groups is 1. The minimum Gasteiger partial charge on any atom is -0.352 e. The summed E-state index contributed by atoms with van der Waals surface area (Å²) in [7, 11) is 1.53. The Morgan fingerprint density at radius 3 is 2.56 bits per heavy atom. The number of hydrogen-bond donors (Lipinski definition) is 3. The van der Waals surface area contributed by atoms with E-state index in [0.717, 1.165) is 16.8 Å². The first-order chi connectivity index (χ1) is 11.7. The van der Waals surface area contributed by atoms with E-state index in [-0.39, 0.29) is 18.4 Å². The topological polar surface area (TPSA) is 105 Å². The lowest BCUT2D eigenvalue weighted by atomic mass is 10.1. The van der Waals surface area contributed by atoms with E-state index in [9.17, 15) is 14.4 Å². The molecule has 7 nitrogen and oxygen atoms in total. The number of primary amides is 1. The Hall–Kier alpha value is -2.22. The fourth-order valence-electron chi connectivity index (χ4n) is 2.28. The predicted molar refractivity (Wildman–Crippen MR) is 102 cm³/mol. The minimum atomic E-state index is -0.757. The summed E-state index contributed by atoms with van der Waals surface area (Å²) in [6, 6.07) is 4.28. The first kappa shape index (κ1) is 20.8. The van der Waals surface area contributed by atoms with E-state index in [1.807, 2.05) is 38.3 Å². The molecule has 0 bridgehead atoms. The van der Waals surface area contributed by atoms with Crippen molar-refractivity contribution in [2.24, 2.45) is 5.73 Å². The van der Waals surface area contributed by atoms with E-state index < -0.39 is 12.1 Å². The Kier molecular flexibility index (Phi) is 8.27. The molecule has 0 spiro atoms. The zero-order valence-electron chi connectivity index (χ0n) is 15.1. The maximum absolute atomic E-state index is 12.5. The number of aryl methyl sites for hydroxylation is 2. The number of carbonyl (C=O) groups is 3. The molecule has 138 valence electrons. The number of anilines is 1. The molecular weight excluding hydrogens is 340 g/mol. The molecule has 1 rings (SSSR count). The van der Waals surface area contributed by atoms with Crippen molar-refractivity contribution in [2.45, 2.75) is 26.3 Å². The molecule has 1 aromatic rings. The zero-order chi connectivity index (χ0) is 19.0. The first-order valence-corrected chi connectivity index (χ1v) is 9.31. The number of benzene rings is 1. The number of rotatable bonds is 8. The van der Waals surface area contributed by atoms with Crippen molar-refractivity contribution < 1.29 is 14.4 Å². The van der Waals surface area contributed by atoms with Crippen LogP contribution in [0.2, 0.25) is 0 Å². The van der Waals surface area contributed by atoms with Gasteiger partial charge < -0.3 is 21.3 Å². The van der Waals surface area contributed by atoms with E-state index in [1.54, 1.807) is 11.8 Å². The summed E-state index contributed by atoms with van der Waals surface area (Å²) >= 11 is 1.56. The van der Waals surface area contributed by atoms with Gasteiger partial charge in [0.15, 0.2) is 0 Å². The molecule has 1 atom stereocenters. The maximum Gasteiger partial charge on any atom is 0.312 e. The number of urea groups is 1. The molecule has 4 amide bonds. The van der Waals surface area contributed by atoms with Gasteiger partial charge in [0.25, 0.3) is 0 Å². The molecule has 8 heteroatoms. The summed E-state index contributed by atoms with van der Waals surface area (Å²) in [6.45, 7) is 3.73. The Balaban J connectivity index is 2.69. The van der Waals surface area contributed by atoms with Crippen LogP contribution in [0, 0.1) is 13.8 Å². The lowest BCUT2D eigenvalue weighted by Crippen LogP contribution is -2.50. The van der Waals surface area contributed by atoms with Gasteiger partial charge in [0.1, 0.15) is 6.04 Å². The van der Waals surface area contributed by atoms with Crippen LogP contribution in [0.1, 0.15) is 17.5 Å². The minimum absolute atomic E-state index is 0.109. The molecule has 0 aliphatic carbocycles. The van der Waals surface area contributed by atoms with Crippen molar-refractivity contribution in [2.75, 3.05) is 30.9 Å². The highest BCUT2D eigenvalue weighted by atomic mass is 32.2. The third-order valence-electron chi connectivity index (χ3n) is 3.65. The third kappa shape index (κ3) is 7.04. The summed E-state index contributed by atoms with van der Waals surface area (Å²) in [6.07, 6.45) is 2.36. The summed E-state index contributed by atoms with van der Waals surface area (Å²) in [5, 5.41) is 5.25. The first-order valence-electron chi connectivity index (χ1n) is 7.91. The van der Waals surface area contributed by atoms with Gasteiger partial charge >= 0.3 is 6.03 Å². The Morgan fingerprint density at radius 1 is 1.28 bits per heavy atom. The van der Waals surface area contributed by atoms with Gasteiger partial charge in [-0.15, -0.1) is 0 Å². The van der Waals surface area contributed by atoms with Gasteiger partial charge in [-0.3, -0.25) is 9.59 Å². The average Bonchev–Trinajstić information content (AvgIpc) is 2.53. The summed E-state index contributed by atoms with van der Waals surface area (Å²) in [5.74, 6) is 0.0513. The molecule has 25 heavy (non-hydrogen) atoms. The maximum atomic E-state index is 12.5. The van der Waals surface area contributed by atoms with Crippen LogP contribution in [0.25, 0.3) is 0 Å². The van der Waals surface area contributed by atoms with Crippen LogP contribution in [0.3, 0.4) is 0 Å². The highest BCUT2D eigenvalue weighted by Crippen LogP contribution is 2.16. The molecular formula is C17H26N4O3S. The number of hydrogen-bond acceptors (Lipinski definition) is 4. The van der Waals surface area contributed by atoms with Crippen molar-refractivity contribution in [3.8, 4) is 0 Å². The van der Waals surface area contributed by atoms with E-state index >= 15 is 0 Å². The van der Waals surface area contributed by atoms with E-state index in [4.69, 9.17) is 5.73 Å². The van der Waals surface area contributed by atoms with Gasteiger partial charge in [-0.05, 0) is 49.5 Å². The van der Waals surface area contributed by atoms with E-state index in [1.165, 1.54) is 11.9 Å². The highest BCUT2D eigenvalue weighted by molar-refractivity contribution is 7.98. The van der Waals surface area contributed by atoms with Gasteiger partial charge in [-0.1, -0.05) is 12.1 Å². The van der Waals surface area contributed by atoms with Crippen molar-refractivity contribution in [1.82, 2.24) is 10.2 Å². The van der Waals surface area contributed by atoms with Crippen molar-refractivity contribution >= 4 is 35.3 Å². The lowest BCUT2D eigenvalue weighted by Gasteiger charge is -2.23. The van der Waals surface area contributed by atoms with Crippen molar-refractivity contribution in [1.29, 1.82) is 0 Å². The van der Waals surface area contributed by atoms with Gasteiger partial charge in [-0.25, -0.2) is 4.79 Å². The molecule has 0 aliphatic heterocycles. The number of nitrogens with two attached hydrogens (primary N) is 1. The second-order valence-corrected chi connectivity index (χ2v) is 6.89. The standard InChI is InChI=1S/C17H26N4O3S/c1-11-5-6-12(2)14(9-11)19-15(22)10-21(3)16(23)13(7-8-25-4)20-17(18)24/h5-6,9,13H,7-8,10H2,1-4H3,(H,19,22)(H3,18,20,24)/t13-/m0/s1. The molecule has 0 aliphatic rings. The number of carbonyl (C=O) groups excluding carboxylic acids is 3. The van der Waals surface area contributed by atoms with Crippen LogP contribution >= 0.6 is 11.8 Å². The van der Waals surface area contributed by atoms with Gasteiger partial charge in [0, 0.05) is 12.7 Å². The number of likely N-dealkylation sites (N-methyl/N-ethyl adjacent to an activating group) is 1. The van der Waals surface area contributed by atoms with Crippen LogP contribution in [0.4, 0.5) is 10.5 Å². The summed E-state index contributed by atoms with van der Waals surface area (Å²) < 4.78 is 0. The smallest absolute Gasteiger partial charge is 0.312 e. The second kappa shape index (κ2) is 9.93. The van der Waals surface area contributed by atoms with Crippen molar-refractivity contribution in [3.05, 3.63) is 29.3 Å². The molecule has 1 aromatic carbocycles. The normalized spacial score (nSPS) is 11.5. The highest BCUT2D eigenvalue weighted by Gasteiger charge is 2.24. The largest absolute Gasteiger partial charge is 0.352 e. The molecule has 0 radical (unpaired) electrons. The van der Waals surface area contributed by atoms with Crippen molar-refractivity contribution in [3.63, 3.8) is 0 Å². The van der Waals surface area contributed by atoms with Gasteiger partial charge in [0.05, 0.1) is 6.54 Å². The molecule has 0 unspecified atom stereocenters.